The van der Waals surface area contributed by atoms with E-state index in [1.54, 1.807) is 0 Å². The number of hydrogen-bond acceptors (Lipinski definition) is 0. The molecular formula is C3H4Br2Cl2. The number of rotatable bonds is 2. The van der Waals surface area contributed by atoms with Crippen LogP contribution in [0.2, 0.25) is 0 Å². The van der Waals surface area contributed by atoms with Crippen molar-refractivity contribution in [2.24, 2.45) is 0 Å². The van der Waals surface area contributed by atoms with Gasteiger partial charge in [-0.15, -0.1) is 23.2 Å². The first-order chi connectivity index (χ1) is 3.18. The van der Waals surface area contributed by atoms with Crippen molar-refractivity contribution in [2.75, 3.05) is 5.88 Å². The maximum Gasteiger partial charge on any atom is 0.102 e. The number of halogens is 4. The van der Waals surface area contributed by atoms with Gasteiger partial charge in [-0.2, -0.15) is 0 Å². The molecule has 0 fully saturated rings. The Morgan fingerprint density at radius 3 is 1.86 bits per heavy atom. The van der Waals surface area contributed by atoms with Crippen LogP contribution in [0.5, 0.6) is 0 Å². The quantitative estimate of drug-likeness (QED) is 0.677. The van der Waals surface area contributed by atoms with Gasteiger partial charge >= 0.3 is 0 Å². The Bertz CT molecular complexity index is 48.2. The summed E-state index contributed by atoms with van der Waals surface area (Å²) in [7, 11) is 0. The van der Waals surface area contributed by atoms with Gasteiger partial charge in [0.2, 0.25) is 0 Å². The summed E-state index contributed by atoms with van der Waals surface area (Å²) in [5.74, 6) is 0.527. The third-order valence-electron chi connectivity index (χ3n) is 0.421. The van der Waals surface area contributed by atoms with Gasteiger partial charge in [-0.3, -0.25) is 0 Å². The van der Waals surface area contributed by atoms with E-state index in [9.17, 15) is 0 Å². The van der Waals surface area contributed by atoms with Crippen molar-refractivity contribution >= 4 is 55.1 Å². The predicted molar refractivity (Wildman–Crippen MR) is 42.0 cm³/mol. The Labute approximate surface area is 69.8 Å². The standard InChI is InChI=1S/C3H4Br2Cl2/c4-2(1-6)3(5)7/h2-3H,1H2/t2-,3+/m0/s1. The van der Waals surface area contributed by atoms with E-state index in [4.69, 9.17) is 23.2 Å². The minimum absolute atomic E-state index is 0.0648. The molecule has 0 unspecified atom stereocenters. The summed E-state index contributed by atoms with van der Waals surface area (Å²) < 4.78 is -0.0648. The summed E-state index contributed by atoms with van der Waals surface area (Å²) in [5, 5.41) is 0. The second-order valence-corrected chi connectivity index (χ2v) is 4.47. The summed E-state index contributed by atoms with van der Waals surface area (Å²) in [6.45, 7) is 0. The van der Waals surface area contributed by atoms with Crippen LogP contribution in [0.25, 0.3) is 0 Å². The zero-order chi connectivity index (χ0) is 5.86. The van der Waals surface area contributed by atoms with Gasteiger partial charge in [0.05, 0.1) is 4.83 Å². The first kappa shape index (κ1) is 8.54. The molecule has 0 amide bonds. The molecule has 0 saturated carbocycles. The van der Waals surface area contributed by atoms with Crippen LogP contribution in [0.3, 0.4) is 0 Å². The van der Waals surface area contributed by atoms with Gasteiger partial charge in [0.15, 0.2) is 0 Å². The largest absolute Gasteiger partial charge is 0.125 e. The van der Waals surface area contributed by atoms with Crippen molar-refractivity contribution in [1.82, 2.24) is 0 Å². The Hall–Kier alpha value is 1.54. The van der Waals surface area contributed by atoms with Crippen LogP contribution in [-0.2, 0) is 0 Å². The van der Waals surface area contributed by atoms with Gasteiger partial charge in [0, 0.05) is 5.88 Å². The molecule has 0 saturated heterocycles. The van der Waals surface area contributed by atoms with Crippen molar-refractivity contribution in [2.45, 2.75) is 9.11 Å². The van der Waals surface area contributed by atoms with Crippen molar-refractivity contribution in [3.63, 3.8) is 0 Å². The van der Waals surface area contributed by atoms with Gasteiger partial charge in [-0.05, 0) is 0 Å². The van der Waals surface area contributed by atoms with E-state index in [1.807, 2.05) is 0 Å². The Kier molecular flexibility index (Phi) is 5.39. The highest BCUT2D eigenvalue weighted by Crippen LogP contribution is 2.18. The molecule has 0 aromatic heterocycles. The van der Waals surface area contributed by atoms with Gasteiger partial charge < -0.3 is 0 Å². The summed E-state index contributed by atoms with van der Waals surface area (Å²) in [5.41, 5.74) is 0. The van der Waals surface area contributed by atoms with Gasteiger partial charge in [-0.1, -0.05) is 31.9 Å². The highest BCUT2D eigenvalue weighted by Gasteiger charge is 2.09. The second-order valence-electron chi connectivity index (χ2n) is 1.00. The molecular weight excluding hydrogens is 267 g/mol. The molecule has 0 nitrogen and oxygen atoms in total. The fourth-order valence-electron chi connectivity index (χ4n) is 0.0673. The number of alkyl halides is 4. The minimum Gasteiger partial charge on any atom is -0.125 e. The van der Waals surface area contributed by atoms with Crippen molar-refractivity contribution < 1.29 is 0 Å². The van der Waals surface area contributed by atoms with E-state index in [0.717, 1.165) is 0 Å². The smallest absolute Gasteiger partial charge is 0.102 e. The maximum atomic E-state index is 5.51. The monoisotopic (exact) mass is 268 g/mol. The first-order valence-corrected chi connectivity index (χ1v) is 4.47. The molecule has 7 heavy (non-hydrogen) atoms. The third kappa shape index (κ3) is 4.07. The van der Waals surface area contributed by atoms with E-state index in [0.29, 0.717) is 5.88 Å². The fourth-order valence-corrected chi connectivity index (χ4v) is 0.828. The average molecular weight is 271 g/mol. The van der Waals surface area contributed by atoms with Crippen molar-refractivity contribution in [1.29, 1.82) is 0 Å². The van der Waals surface area contributed by atoms with Gasteiger partial charge in [-0.25, -0.2) is 0 Å². The van der Waals surface area contributed by atoms with E-state index >= 15 is 0 Å². The molecule has 0 aliphatic carbocycles. The Balaban J connectivity index is 3.14. The molecule has 0 radical (unpaired) electrons. The molecule has 4 heteroatoms. The summed E-state index contributed by atoms with van der Waals surface area (Å²) in [6, 6.07) is 0. The van der Waals surface area contributed by atoms with Crippen molar-refractivity contribution in [3.8, 4) is 0 Å². The van der Waals surface area contributed by atoms with Gasteiger partial charge in [0.25, 0.3) is 0 Å². The van der Waals surface area contributed by atoms with Crippen LogP contribution >= 0.6 is 55.1 Å². The first-order valence-electron chi connectivity index (χ1n) is 1.66. The molecule has 2 atom stereocenters. The summed E-state index contributed by atoms with van der Waals surface area (Å²) in [4.78, 5) is 0.163. The highest BCUT2D eigenvalue weighted by molar-refractivity contribution is 9.12. The van der Waals surface area contributed by atoms with Crippen molar-refractivity contribution in [3.05, 3.63) is 0 Å². The SMILES string of the molecule is ClC[C@H](Br)[C@@H](Cl)Br. The molecule has 0 aromatic carbocycles. The molecule has 44 valence electrons. The fraction of sp³-hybridized carbons (Fsp3) is 1.00. The summed E-state index contributed by atoms with van der Waals surface area (Å²) >= 11 is 17.3. The van der Waals surface area contributed by atoms with E-state index in [1.165, 1.54) is 0 Å². The van der Waals surface area contributed by atoms with E-state index < -0.39 is 0 Å². The lowest BCUT2D eigenvalue weighted by Crippen LogP contribution is -2.07. The molecule has 0 bridgehead atoms. The second kappa shape index (κ2) is 4.42. The minimum atomic E-state index is -0.0648. The lowest BCUT2D eigenvalue weighted by atomic mass is 10.6. The third-order valence-corrected chi connectivity index (χ3v) is 3.93. The molecule has 0 spiro atoms. The van der Waals surface area contributed by atoms with Crippen LogP contribution in [0.15, 0.2) is 0 Å². The predicted octanol–water partition coefficient (Wildman–Crippen LogP) is 2.95. The summed E-state index contributed by atoms with van der Waals surface area (Å²) in [6.07, 6.45) is 0. The molecule has 0 aliphatic rings. The van der Waals surface area contributed by atoms with E-state index in [2.05, 4.69) is 31.9 Å². The molecule has 0 N–H and O–H groups in total. The van der Waals surface area contributed by atoms with Crippen LogP contribution in [0, 0.1) is 0 Å². The lowest BCUT2D eigenvalue weighted by molar-refractivity contribution is 1.12. The van der Waals surface area contributed by atoms with E-state index in [-0.39, 0.29) is 9.11 Å². The average Bonchev–Trinajstić information content (AvgIpc) is 1.65. The van der Waals surface area contributed by atoms with Gasteiger partial charge in [0.1, 0.15) is 4.29 Å². The Morgan fingerprint density at radius 2 is 1.86 bits per heavy atom. The topological polar surface area (TPSA) is 0 Å². The molecule has 0 heterocycles. The molecule has 0 aromatic rings. The molecule has 0 aliphatic heterocycles. The van der Waals surface area contributed by atoms with Crippen LogP contribution in [-0.4, -0.2) is 15.0 Å². The van der Waals surface area contributed by atoms with Crippen LogP contribution < -0.4 is 0 Å². The zero-order valence-corrected chi connectivity index (χ0v) is 8.06. The molecule has 0 rings (SSSR count). The normalized spacial score (nSPS) is 18.9. The lowest BCUT2D eigenvalue weighted by Gasteiger charge is -2.02. The van der Waals surface area contributed by atoms with Crippen LogP contribution in [0.4, 0.5) is 0 Å². The number of hydrogen-bond donors (Lipinski definition) is 0. The maximum absolute atomic E-state index is 5.51. The highest BCUT2D eigenvalue weighted by atomic mass is 79.9. The Morgan fingerprint density at radius 1 is 1.43 bits per heavy atom. The zero-order valence-electron chi connectivity index (χ0n) is 3.37. The van der Waals surface area contributed by atoms with Crippen LogP contribution in [0.1, 0.15) is 0 Å².